The first kappa shape index (κ1) is 25.0. The molecule has 13 heteroatoms. The number of aliphatic imine (C=N–C) groups is 1. The van der Waals surface area contributed by atoms with Crippen molar-refractivity contribution in [2.45, 2.75) is 24.3 Å². The molecule has 1 aromatic heterocycles. The summed E-state index contributed by atoms with van der Waals surface area (Å²) in [6.07, 6.45) is -0.880. The second-order valence-corrected chi connectivity index (χ2v) is 8.70. The van der Waals surface area contributed by atoms with E-state index in [0.717, 1.165) is 17.8 Å². The van der Waals surface area contributed by atoms with Gasteiger partial charge in [-0.05, 0) is 17.7 Å². The van der Waals surface area contributed by atoms with Crippen molar-refractivity contribution in [3.8, 4) is 5.75 Å². The third kappa shape index (κ3) is 5.46. The summed E-state index contributed by atoms with van der Waals surface area (Å²) in [6.45, 7) is 3.57. The van der Waals surface area contributed by atoms with Gasteiger partial charge in [0, 0.05) is 30.0 Å². The number of aliphatic carboxylic acids is 2. The summed E-state index contributed by atoms with van der Waals surface area (Å²) in [7, 11) is 0. The van der Waals surface area contributed by atoms with Crippen LogP contribution in [0, 0.1) is 0 Å². The lowest BCUT2D eigenvalue weighted by molar-refractivity contribution is -0.141. The molecular weight excluding hydrogens is 492 g/mol. The molecule has 2 unspecified atom stereocenters. The maximum absolute atomic E-state index is 12.5. The van der Waals surface area contributed by atoms with Crippen LogP contribution in [0.2, 0.25) is 5.02 Å². The lowest BCUT2D eigenvalue weighted by atomic mass is 10.1. The zero-order valence-corrected chi connectivity index (χ0v) is 18.8. The van der Waals surface area contributed by atoms with Crippen molar-refractivity contribution < 1.29 is 38.9 Å². The quantitative estimate of drug-likeness (QED) is 0.303. The van der Waals surface area contributed by atoms with Gasteiger partial charge in [-0.25, -0.2) is 14.4 Å². The zero-order chi connectivity index (χ0) is 25.2. The largest absolute Gasteiger partial charge is 0.506 e. The number of hydrogen-bond donors (Lipinski definition) is 4. The molecule has 0 spiro atoms. The normalized spacial score (nSPS) is 16.6. The van der Waals surface area contributed by atoms with Crippen molar-refractivity contribution >= 4 is 63.7 Å². The summed E-state index contributed by atoms with van der Waals surface area (Å²) >= 11 is 6.83. The van der Waals surface area contributed by atoms with Gasteiger partial charge in [0.25, 0.3) is 0 Å². The highest BCUT2D eigenvalue weighted by molar-refractivity contribution is 8.00. The summed E-state index contributed by atoms with van der Waals surface area (Å²) in [4.78, 5) is 63.8. The van der Waals surface area contributed by atoms with E-state index in [2.05, 4.69) is 16.9 Å². The number of nitrogens with one attached hydrogen (secondary N) is 1. The van der Waals surface area contributed by atoms with E-state index < -0.39 is 53.5 Å². The van der Waals surface area contributed by atoms with Gasteiger partial charge in [0.15, 0.2) is 11.8 Å². The molecule has 0 aliphatic carbocycles. The van der Waals surface area contributed by atoms with Gasteiger partial charge in [-0.3, -0.25) is 14.6 Å². The van der Waals surface area contributed by atoms with Crippen LogP contribution in [0.4, 0.5) is 0 Å². The van der Waals surface area contributed by atoms with E-state index in [4.69, 9.17) is 16.0 Å². The van der Waals surface area contributed by atoms with E-state index in [0.29, 0.717) is 0 Å². The minimum absolute atomic E-state index is 0.0134. The number of benzene rings is 1. The van der Waals surface area contributed by atoms with Crippen LogP contribution in [0.1, 0.15) is 23.2 Å². The van der Waals surface area contributed by atoms with Crippen molar-refractivity contribution in [3.63, 3.8) is 0 Å². The summed E-state index contributed by atoms with van der Waals surface area (Å²) < 4.78 is 5.02. The smallest absolute Gasteiger partial charge is 0.354 e. The Morgan fingerprint density at radius 2 is 1.94 bits per heavy atom. The number of Topliss-reactive ketones (excluding diaryl/α,β-unsaturated/α-hetero) is 1. The van der Waals surface area contributed by atoms with Crippen molar-refractivity contribution in [2.75, 3.05) is 5.75 Å². The molecule has 0 saturated heterocycles. The third-order valence-corrected chi connectivity index (χ3v) is 6.31. The van der Waals surface area contributed by atoms with Gasteiger partial charge in [0.1, 0.15) is 28.0 Å². The second kappa shape index (κ2) is 10.1. The molecule has 1 aliphatic rings. The first-order valence-corrected chi connectivity index (χ1v) is 11.0. The fourth-order valence-corrected chi connectivity index (χ4v) is 4.31. The molecule has 34 heavy (non-hydrogen) atoms. The van der Waals surface area contributed by atoms with Crippen LogP contribution in [-0.4, -0.2) is 61.8 Å². The number of rotatable bonds is 8. The van der Waals surface area contributed by atoms with Crippen molar-refractivity contribution in [2.24, 2.45) is 4.99 Å². The van der Waals surface area contributed by atoms with E-state index in [9.17, 15) is 39.3 Å². The number of carboxylic acids is 2. The van der Waals surface area contributed by atoms with Gasteiger partial charge in [-0.15, -0.1) is 11.8 Å². The van der Waals surface area contributed by atoms with Gasteiger partial charge >= 0.3 is 17.6 Å². The number of thioether (sulfide) groups is 1. The van der Waals surface area contributed by atoms with E-state index in [-0.39, 0.29) is 44.3 Å². The van der Waals surface area contributed by atoms with Gasteiger partial charge in [-0.1, -0.05) is 18.2 Å². The average Bonchev–Trinajstić information content (AvgIpc) is 2.76. The molecule has 0 radical (unpaired) electrons. The maximum atomic E-state index is 12.5. The van der Waals surface area contributed by atoms with E-state index in [1.807, 2.05) is 0 Å². The highest BCUT2D eigenvalue weighted by atomic mass is 35.5. The number of aromatic hydroxyl groups is 1. The molecule has 0 saturated carbocycles. The number of carbonyl (C=O) groups excluding carboxylic acids is 2. The molecule has 2 aromatic rings. The Morgan fingerprint density at radius 1 is 1.24 bits per heavy atom. The molecule has 1 amide bonds. The monoisotopic (exact) mass is 508 g/mol. The lowest BCUT2D eigenvalue weighted by Crippen LogP contribution is -2.48. The molecule has 3 rings (SSSR count). The van der Waals surface area contributed by atoms with Crippen LogP contribution >= 0.6 is 23.4 Å². The number of halogens is 1. The molecule has 0 bridgehead atoms. The Balaban J connectivity index is 1.70. The minimum atomic E-state index is -1.55. The van der Waals surface area contributed by atoms with E-state index in [1.54, 1.807) is 0 Å². The van der Waals surface area contributed by atoms with Gasteiger partial charge in [-0.2, -0.15) is 0 Å². The zero-order valence-electron chi connectivity index (χ0n) is 17.2. The Labute approximate surface area is 200 Å². The molecular formula is C21H17ClN2O9S. The average molecular weight is 509 g/mol. The number of fused-ring (bicyclic) bond motifs is 1. The van der Waals surface area contributed by atoms with Crippen LogP contribution in [0.15, 0.2) is 44.6 Å². The topological polar surface area (TPSA) is 184 Å². The standard InChI is InChI=1S/C21H17ClN2O9S/c1-8-7-34-18(24-16(8)19(28)29)17(20(30)31)23-15(27)3-2-12(25)10-4-9-5-11(22)13(26)6-14(9)33-21(10)32/h4-6,17-18,26H,1-3,7H2,(H,23,27)(H,28,29)(H,30,31). The van der Waals surface area contributed by atoms with Crippen LogP contribution in [0.25, 0.3) is 11.0 Å². The van der Waals surface area contributed by atoms with Crippen molar-refractivity contribution in [1.82, 2.24) is 5.32 Å². The highest BCUT2D eigenvalue weighted by Crippen LogP contribution is 2.29. The Kier molecular flexibility index (Phi) is 7.42. The Hall–Kier alpha value is -3.64. The SMILES string of the molecule is C=C1CSC(C(NC(=O)CCC(=O)c2cc3cc(Cl)c(O)cc3oc2=O)C(=O)O)N=C1C(=O)O. The molecule has 1 aliphatic heterocycles. The van der Waals surface area contributed by atoms with Crippen molar-refractivity contribution in [1.29, 1.82) is 0 Å². The predicted molar refractivity (Wildman–Crippen MR) is 123 cm³/mol. The molecule has 2 heterocycles. The lowest BCUT2D eigenvalue weighted by Gasteiger charge is -2.25. The first-order valence-electron chi connectivity index (χ1n) is 9.60. The Morgan fingerprint density at radius 3 is 2.59 bits per heavy atom. The van der Waals surface area contributed by atoms with Crippen LogP contribution in [-0.2, 0) is 14.4 Å². The molecule has 0 fully saturated rings. The molecule has 4 N–H and O–H groups in total. The Bertz CT molecular complexity index is 1320. The highest BCUT2D eigenvalue weighted by Gasteiger charge is 2.34. The van der Waals surface area contributed by atoms with Crippen LogP contribution in [0.5, 0.6) is 5.75 Å². The predicted octanol–water partition coefficient (Wildman–Crippen LogP) is 1.84. The van der Waals surface area contributed by atoms with Gasteiger partial charge in [0.2, 0.25) is 5.91 Å². The number of ketones is 1. The molecule has 11 nitrogen and oxygen atoms in total. The number of nitrogens with zero attached hydrogens (tertiary/aromatic N) is 1. The summed E-state index contributed by atoms with van der Waals surface area (Å²) in [6, 6.07) is 2.11. The fourth-order valence-electron chi connectivity index (χ4n) is 3.07. The number of hydrogen-bond acceptors (Lipinski definition) is 9. The summed E-state index contributed by atoms with van der Waals surface area (Å²) in [5.74, 6) is -4.52. The van der Waals surface area contributed by atoms with Crippen LogP contribution < -0.4 is 10.9 Å². The number of carbonyl (C=O) groups is 4. The van der Waals surface area contributed by atoms with Gasteiger partial charge in [0.05, 0.1) is 5.02 Å². The first-order chi connectivity index (χ1) is 16.0. The van der Waals surface area contributed by atoms with Crippen LogP contribution in [0.3, 0.4) is 0 Å². The molecule has 1 aromatic carbocycles. The summed E-state index contributed by atoms with van der Waals surface area (Å²) in [5.41, 5.74) is -1.44. The fraction of sp³-hybridized carbons (Fsp3) is 0.238. The van der Waals surface area contributed by atoms with Crippen molar-refractivity contribution in [3.05, 3.63) is 51.4 Å². The number of carboxylic acid groups (broad SMARTS) is 2. The van der Waals surface area contributed by atoms with Gasteiger partial charge < -0.3 is 25.1 Å². The molecule has 178 valence electrons. The number of phenolic OH excluding ortho intramolecular Hbond substituents is 1. The minimum Gasteiger partial charge on any atom is -0.506 e. The van der Waals surface area contributed by atoms with E-state index in [1.165, 1.54) is 12.1 Å². The second-order valence-electron chi connectivity index (χ2n) is 7.18. The number of amides is 1. The third-order valence-electron chi connectivity index (χ3n) is 4.77. The summed E-state index contributed by atoms with van der Waals surface area (Å²) in [5, 5.41) is 29.7. The molecule has 2 atom stereocenters. The number of phenols is 1. The van der Waals surface area contributed by atoms with E-state index >= 15 is 0 Å². The maximum Gasteiger partial charge on any atom is 0.354 e.